The first-order valence-electron chi connectivity index (χ1n) is 4.74. The summed E-state index contributed by atoms with van der Waals surface area (Å²) in [6.07, 6.45) is -2.94. The molecule has 1 unspecified atom stereocenters. The fourth-order valence-electron chi connectivity index (χ4n) is 1.67. The molecule has 0 aliphatic carbocycles. The Morgan fingerprint density at radius 1 is 1.31 bits per heavy atom. The predicted octanol–water partition coefficient (Wildman–Crippen LogP) is -1.49. The Hall–Kier alpha value is -1.44. The van der Waals surface area contributed by atoms with Crippen LogP contribution in [0.2, 0.25) is 0 Å². The maximum Gasteiger partial charge on any atom is 0.419 e. The minimum atomic E-state index is -1.22. The second-order valence-corrected chi connectivity index (χ2v) is 3.68. The van der Waals surface area contributed by atoms with Crippen LogP contribution in [-0.4, -0.2) is 33.5 Å². The molecular weight excluding hydrogens is 218 g/mol. The molecule has 0 amide bonds. The first-order valence-corrected chi connectivity index (χ1v) is 4.74. The number of aromatic nitrogens is 1. The molecule has 7 heteroatoms. The Balaban J connectivity index is 2.39. The van der Waals surface area contributed by atoms with Gasteiger partial charge in [0, 0.05) is 0 Å². The van der Waals surface area contributed by atoms with Crippen LogP contribution in [0.4, 0.5) is 0 Å². The molecule has 0 aromatic carbocycles. The average molecular weight is 229 g/mol. The van der Waals surface area contributed by atoms with Crippen LogP contribution in [0.15, 0.2) is 20.3 Å². The van der Waals surface area contributed by atoms with Crippen LogP contribution in [0.25, 0.3) is 0 Å². The van der Waals surface area contributed by atoms with Gasteiger partial charge in [-0.15, -0.1) is 0 Å². The number of ether oxygens (including phenoxy) is 1. The zero-order chi connectivity index (χ0) is 11.9. The molecule has 7 nitrogen and oxygen atoms in total. The van der Waals surface area contributed by atoms with Crippen molar-refractivity contribution >= 4 is 0 Å². The normalized spacial score (nSPS) is 34.2. The molecule has 2 heterocycles. The third-order valence-electron chi connectivity index (χ3n) is 2.58. The van der Waals surface area contributed by atoms with Gasteiger partial charge in [0.2, 0.25) is 0 Å². The minimum Gasteiger partial charge on any atom is -0.417 e. The molecule has 1 fully saturated rings. The Kier molecular flexibility index (Phi) is 2.66. The predicted molar refractivity (Wildman–Crippen MR) is 50.9 cm³/mol. The molecule has 4 atom stereocenters. The van der Waals surface area contributed by atoms with Crippen molar-refractivity contribution in [3.8, 4) is 0 Å². The Labute approximate surface area is 89.3 Å². The Bertz CT molecular complexity index is 491. The van der Waals surface area contributed by atoms with Crippen LogP contribution in [0.5, 0.6) is 0 Å². The molecule has 2 rings (SSSR count). The summed E-state index contributed by atoms with van der Waals surface area (Å²) in [5.41, 5.74) is -0.711. The number of aliphatic hydroxyl groups is 2. The van der Waals surface area contributed by atoms with Crippen LogP contribution in [0, 0.1) is 0 Å². The lowest BCUT2D eigenvalue weighted by atomic mass is 10.0. The minimum absolute atomic E-state index is 0.0181. The summed E-state index contributed by atoms with van der Waals surface area (Å²) in [5, 5.41) is 19.1. The maximum atomic E-state index is 11.4. The summed E-state index contributed by atoms with van der Waals surface area (Å²) in [6, 6.07) is 0. The van der Waals surface area contributed by atoms with Gasteiger partial charge in [-0.2, -0.15) is 0 Å². The van der Waals surface area contributed by atoms with E-state index in [1.54, 1.807) is 6.92 Å². The zero-order valence-electron chi connectivity index (χ0n) is 8.41. The second kappa shape index (κ2) is 3.85. The van der Waals surface area contributed by atoms with Gasteiger partial charge in [0.05, 0.1) is 11.7 Å². The smallest absolute Gasteiger partial charge is 0.417 e. The van der Waals surface area contributed by atoms with Crippen molar-refractivity contribution in [1.82, 2.24) is 4.98 Å². The van der Waals surface area contributed by atoms with Gasteiger partial charge in [-0.05, 0) is 6.92 Å². The van der Waals surface area contributed by atoms with E-state index in [2.05, 4.69) is 4.42 Å². The van der Waals surface area contributed by atoms with Crippen LogP contribution < -0.4 is 11.3 Å². The monoisotopic (exact) mass is 229 g/mol. The molecule has 0 spiro atoms. The van der Waals surface area contributed by atoms with E-state index in [0.29, 0.717) is 0 Å². The van der Waals surface area contributed by atoms with E-state index in [9.17, 15) is 19.8 Å². The zero-order valence-corrected chi connectivity index (χ0v) is 8.41. The summed E-state index contributed by atoms with van der Waals surface area (Å²) in [4.78, 5) is 24.0. The largest absolute Gasteiger partial charge is 0.419 e. The number of aromatic amines is 1. The molecular formula is C9H11NO6. The first-order chi connectivity index (χ1) is 7.50. The van der Waals surface area contributed by atoms with E-state index in [0.717, 1.165) is 6.26 Å². The van der Waals surface area contributed by atoms with Crippen LogP contribution >= 0.6 is 0 Å². The number of rotatable bonds is 1. The van der Waals surface area contributed by atoms with Crippen molar-refractivity contribution < 1.29 is 19.4 Å². The van der Waals surface area contributed by atoms with E-state index in [-0.39, 0.29) is 5.56 Å². The molecule has 0 saturated carbocycles. The number of hydrogen-bond acceptors (Lipinski definition) is 6. The van der Waals surface area contributed by atoms with Crippen molar-refractivity contribution in [3.63, 3.8) is 0 Å². The highest BCUT2D eigenvalue weighted by atomic mass is 16.5. The highest BCUT2D eigenvalue weighted by molar-refractivity contribution is 5.11. The van der Waals surface area contributed by atoms with Gasteiger partial charge >= 0.3 is 5.76 Å². The standard InChI is InChI=1S/C9H11NO6/c1-3-5(11)6(12)7(16-3)4-2-15-9(14)10-8(4)13/h2-3,5-7,11-12H,1H3,(H,10,13,14)/t3-,5-,6-,7?/m1/s1. The average Bonchev–Trinajstić information content (AvgIpc) is 2.46. The molecule has 88 valence electrons. The fraction of sp³-hybridized carbons (Fsp3) is 0.556. The maximum absolute atomic E-state index is 11.4. The molecule has 1 aromatic heterocycles. The molecule has 0 bridgehead atoms. The third-order valence-corrected chi connectivity index (χ3v) is 2.58. The van der Waals surface area contributed by atoms with Gasteiger partial charge in [-0.1, -0.05) is 0 Å². The van der Waals surface area contributed by atoms with Crippen molar-refractivity contribution in [3.05, 3.63) is 32.7 Å². The number of hydrogen-bond donors (Lipinski definition) is 3. The summed E-state index contributed by atoms with van der Waals surface area (Å²) in [7, 11) is 0. The van der Waals surface area contributed by atoms with Crippen molar-refractivity contribution in [2.45, 2.75) is 31.3 Å². The number of aliphatic hydroxyl groups excluding tert-OH is 2. The summed E-state index contributed by atoms with van der Waals surface area (Å²) in [6.45, 7) is 1.57. The highest BCUT2D eigenvalue weighted by Gasteiger charge is 2.42. The SMILES string of the molecule is C[C@H]1OC(c2coc(=O)[nH]c2=O)[C@H](O)[C@@H]1O. The van der Waals surface area contributed by atoms with Gasteiger partial charge in [0.25, 0.3) is 5.56 Å². The summed E-state index contributed by atoms with van der Waals surface area (Å²) < 4.78 is 9.70. The van der Waals surface area contributed by atoms with E-state index in [1.165, 1.54) is 0 Å². The van der Waals surface area contributed by atoms with Crippen molar-refractivity contribution in [2.24, 2.45) is 0 Å². The molecule has 1 aliphatic rings. The number of nitrogens with one attached hydrogen (secondary N) is 1. The van der Waals surface area contributed by atoms with Crippen LogP contribution in [0.3, 0.4) is 0 Å². The van der Waals surface area contributed by atoms with Crippen molar-refractivity contribution in [2.75, 3.05) is 0 Å². The van der Waals surface area contributed by atoms with Gasteiger partial charge in [0.15, 0.2) is 0 Å². The fourth-order valence-corrected chi connectivity index (χ4v) is 1.67. The lowest BCUT2D eigenvalue weighted by Crippen LogP contribution is -2.31. The van der Waals surface area contributed by atoms with E-state index < -0.39 is 35.7 Å². The molecule has 1 aromatic rings. The quantitative estimate of drug-likeness (QED) is 0.540. The van der Waals surface area contributed by atoms with E-state index in [1.807, 2.05) is 4.98 Å². The Morgan fingerprint density at radius 3 is 2.50 bits per heavy atom. The van der Waals surface area contributed by atoms with Gasteiger partial charge < -0.3 is 19.4 Å². The van der Waals surface area contributed by atoms with Crippen LogP contribution in [-0.2, 0) is 4.74 Å². The summed E-state index contributed by atoms with van der Waals surface area (Å²) >= 11 is 0. The first kappa shape index (κ1) is 11.1. The lowest BCUT2D eigenvalue weighted by Gasteiger charge is -2.12. The lowest BCUT2D eigenvalue weighted by molar-refractivity contribution is 0.0128. The van der Waals surface area contributed by atoms with E-state index in [4.69, 9.17) is 4.74 Å². The molecule has 0 radical (unpaired) electrons. The van der Waals surface area contributed by atoms with E-state index >= 15 is 0 Å². The van der Waals surface area contributed by atoms with Gasteiger partial charge in [0.1, 0.15) is 24.6 Å². The molecule has 1 saturated heterocycles. The van der Waals surface area contributed by atoms with Gasteiger partial charge in [-0.3, -0.25) is 9.78 Å². The second-order valence-electron chi connectivity index (χ2n) is 3.68. The van der Waals surface area contributed by atoms with Gasteiger partial charge in [-0.25, -0.2) is 4.79 Å². The number of H-pyrrole nitrogens is 1. The molecule has 3 N–H and O–H groups in total. The highest BCUT2D eigenvalue weighted by Crippen LogP contribution is 2.31. The molecule has 16 heavy (non-hydrogen) atoms. The summed E-state index contributed by atoms with van der Waals surface area (Å²) in [5.74, 6) is -0.880. The van der Waals surface area contributed by atoms with Crippen LogP contribution in [0.1, 0.15) is 18.6 Å². The topological polar surface area (TPSA) is 113 Å². The van der Waals surface area contributed by atoms with Crippen molar-refractivity contribution in [1.29, 1.82) is 0 Å². The molecule has 1 aliphatic heterocycles. The third kappa shape index (κ3) is 1.69. The Morgan fingerprint density at radius 2 is 2.00 bits per heavy atom.